The van der Waals surface area contributed by atoms with Gasteiger partial charge in [-0.25, -0.2) is 0 Å². The molecular formula is C20H21NO3. The quantitative estimate of drug-likeness (QED) is 0.847. The first-order valence-electron chi connectivity index (χ1n) is 7.94. The largest absolute Gasteiger partial charge is 0.497 e. The molecule has 3 rings (SSSR count). The van der Waals surface area contributed by atoms with Crippen LogP contribution in [0, 0.1) is 5.92 Å². The highest BCUT2D eigenvalue weighted by Crippen LogP contribution is 2.37. The van der Waals surface area contributed by atoms with Crippen molar-refractivity contribution < 1.29 is 14.3 Å². The molecule has 0 heterocycles. The minimum absolute atomic E-state index is 0.163. The van der Waals surface area contributed by atoms with Gasteiger partial charge in [-0.15, -0.1) is 0 Å². The number of hydrogen-bond acceptors (Lipinski definition) is 4. The Morgan fingerprint density at radius 3 is 2.62 bits per heavy atom. The lowest BCUT2D eigenvalue weighted by molar-refractivity contribution is -0.105. The lowest BCUT2D eigenvalue weighted by Gasteiger charge is -2.27. The van der Waals surface area contributed by atoms with Gasteiger partial charge in [0, 0.05) is 17.2 Å². The molecule has 2 aromatic carbocycles. The number of fused-ring (bicyclic) bond motifs is 1. The third-order valence-electron chi connectivity index (χ3n) is 4.43. The summed E-state index contributed by atoms with van der Waals surface area (Å²) in [4.78, 5) is 11.7. The number of nitrogens with one attached hydrogen (secondary N) is 1. The standard InChI is InChI=1S/C20H21NO3/c1-13-10-14-6-4-5-7-16(14)20(17(13)12-22)21-18-11-15(23-2)8-9-19(18)24-3/h4-9,11-13,21H,10H2,1-3H3. The summed E-state index contributed by atoms with van der Waals surface area (Å²) in [5.74, 6) is 1.59. The average molecular weight is 323 g/mol. The highest BCUT2D eigenvalue weighted by molar-refractivity contribution is 5.95. The number of hydrogen-bond donors (Lipinski definition) is 1. The van der Waals surface area contributed by atoms with Gasteiger partial charge in [0.05, 0.1) is 25.6 Å². The molecule has 0 radical (unpaired) electrons. The Morgan fingerprint density at radius 2 is 1.92 bits per heavy atom. The molecule has 1 N–H and O–H groups in total. The number of allylic oxidation sites excluding steroid dienone is 1. The summed E-state index contributed by atoms with van der Waals surface area (Å²) >= 11 is 0. The minimum atomic E-state index is 0.163. The molecule has 4 nitrogen and oxygen atoms in total. The summed E-state index contributed by atoms with van der Waals surface area (Å²) in [5, 5.41) is 3.41. The molecule has 4 heteroatoms. The number of carbonyl (C=O) groups is 1. The predicted octanol–water partition coefficient (Wildman–Crippen LogP) is 3.92. The van der Waals surface area contributed by atoms with E-state index in [1.54, 1.807) is 14.2 Å². The maximum Gasteiger partial charge on any atom is 0.148 e. The average Bonchev–Trinajstić information content (AvgIpc) is 2.61. The van der Waals surface area contributed by atoms with E-state index in [0.29, 0.717) is 5.75 Å². The summed E-state index contributed by atoms with van der Waals surface area (Å²) in [6, 6.07) is 13.7. The molecule has 0 saturated heterocycles. The SMILES string of the molecule is COc1ccc(OC)c(NC2=C(C=O)C(C)Cc3ccccc32)c1. The highest BCUT2D eigenvalue weighted by Gasteiger charge is 2.24. The molecule has 0 bridgehead atoms. The number of benzene rings is 2. The monoisotopic (exact) mass is 323 g/mol. The van der Waals surface area contributed by atoms with Crippen molar-refractivity contribution in [3.63, 3.8) is 0 Å². The van der Waals surface area contributed by atoms with E-state index < -0.39 is 0 Å². The molecule has 1 aliphatic carbocycles. The van der Waals surface area contributed by atoms with Crippen molar-refractivity contribution >= 4 is 17.7 Å². The van der Waals surface area contributed by atoms with Crippen LogP contribution in [0.15, 0.2) is 48.0 Å². The minimum Gasteiger partial charge on any atom is -0.497 e. The molecule has 0 aromatic heterocycles. The van der Waals surface area contributed by atoms with Gasteiger partial charge in [0.2, 0.25) is 0 Å². The maximum absolute atomic E-state index is 11.7. The van der Waals surface area contributed by atoms with Crippen molar-refractivity contribution in [1.29, 1.82) is 0 Å². The van der Waals surface area contributed by atoms with Crippen LogP contribution in [0.4, 0.5) is 5.69 Å². The van der Waals surface area contributed by atoms with Gasteiger partial charge in [0.25, 0.3) is 0 Å². The maximum atomic E-state index is 11.7. The Labute approximate surface area is 142 Å². The number of methoxy groups -OCH3 is 2. The summed E-state index contributed by atoms with van der Waals surface area (Å²) in [5.41, 5.74) is 4.68. The zero-order valence-corrected chi connectivity index (χ0v) is 14.1. The van der Waals surface area contributed by atoms with E-state index in [1.807, 2.05) is 36.4 Å². The van der Waals surface area contributed by atoms with Gasteiger partial charge in [-0.3, -0.25) is 4.79 Å². The van der Waals surface area contributed by atoms with E-state index in [4.69, 9.17) is 9.47 Å². The van der Waals surface area contributed by atoms with Gasteiger partial charge >= 0.3 is 0 Å². The normalized spacial score (nSPS) is 16.4. The van der Waals surface area contributed by atoms with Gasteiger partial charge in [-0.05, 0) is 30.0 Å². The molecule has 1 aliphatic rings. The second-order valence-electron chi connectivity index (χ2n) is 5.90. The Hall–Kier alpha value is -2.75. The summed E-state index contributed by atoms with van der Waals surface area (Å²) in [6.07, 6.45) is 1.82. The zero-order chi connectivity index (χ0) is 17.1. The van der Waals surface area contributed by atoms with Crippen molar-refractivity contribution in [2.24, 2.45) is 5.92 Å². The molecule has 1 atom stereocenters. The zero-order valence-electron chi connectivity index (χ0n) is 14.1. The fraction of sp³-hybridized carbons (Fsp3) is 0.250. The van der Waals surface area contributed by atoms with Crippen molar-refractivity contribution in [2.75, 3.05) is 19.5 Å². The van der Waals surface area contributed by atoms with Crippen LogP contribution in [-0.2, 0) is 11.2 Å². The van der Waals surface area contributed by atoms with E-state index in [2.05, 4.69) is 18.3 Å². The fourth-order valence-electron chi connectivity index (χ4n) is 3.14. The van der Waals surface area contributed by atoms with Gasteiger partial charge in [0.1, 0.15) is 17.8 Å². The van der Waals surface area contributed by atoms with E-state index in [0.717, 1.165) is 41.0 Å². The Morgan fingerprint density at radius 1 is 1.12 bits per heavy atom. The molecule has 2 aromatic rings. The van der Waals surface area contributed by atoms with Crippen molar-refractivity contribution in [2.45, 2.75) is 13.3 Å². The topological polar surface area (TPSA) is 47.6 Å². The predicted molar refractivity (Wildman–Crippen MR) is 95.5 cm³/mol. The summed E-state index contributed by atoms with van der Waals surface area (Å²) < 4.78 is 10.7. The number of anilines is 1. The van der Waals surface area contributed by atoms with Crippen LogP contribution in [-0.4, -0.2) is 20.5 Å². The van der Waals surface area contributed by atoms with Crippen LogP contribution in [0.2, 0.25) is 0 Å². The van der Waals surface area contributed by atoms with Gasteiger partial charge in [0.15, 0.2) is 0 Å². The number of rotatable bonds is 5. The third-order valence-corrected chi connectivity index (χ3v) is 4.43. The van der Waals surface area contributed by atoms with E-state index in [-0.39, 0.29) is 5.92 Å². The summed E-state index contributed by atoms with van der Waals surface area (Å²) in [6.45, 7) is 2.07. The van der Waals surface area contributed by atoms with Gasteiger partial charge in [-0.1, -0.05) is 31.2 Å². The van der Waals surface area contributed by atoms with E-state index in [9.17, 15) is 4.79 Å². The second kappa shape index (κ2) is 6.79. The fourth-order valence-corrected chi connectivity index (χ4v) is 3.14. The molecule has 1 unspecified atom stereocenters. The Balaban J connectivity index is 2.11. The number of ether oxygens (including phenoxy) is 2. The molecule has 124 valence electrons. The Bertz CT molecular complexity index is 795. The van der Waals surface area contributed by atoms with E-state index in [1.165, 1.54) is 5.56 Å². The van der Waals surface area contributed by atoms with Crippen molar-refractivity contribution in [3.8, 4) is 11.5 Å². The molecule has 24 heavy (non-hydrogen) atoms. The van der Waals surface area contributed by atoms with Crippen LogP contribution in [0.3, 0.4) is 0 Å². The molecule has 0 fully saturated rings. The molecular weight excluding hydrogens is 302 g/mol. The molecule has 0 amide bonds. The lowest BCUT2D eigenvalue weighted by atomic mass is 9.83. The van der Waals surface area contributed by atoms with Crippen LogP contribution < -0.4 is 14.8 Å². The van der Waals surface area contributed by atoms with Crippen LogP contribution in [0.1, 0.15) is 18.1 Å². The molecule has 0 aliphatic heterocycles. The van der Waals surface area contributed by atoms with Gasteiger partial charge < -0.3 is 14.8 Å². The smallest absolute Gasteiger partial charge is 0.148 e. The second-order valence-corrected chi connectivity index (χ2v) is 5.90. The third kappa shape index (κ3) is 2.87. The number of carbonyl (C=O) groups excluding carboxylic acids is 1. The Kier molecular flexibility index (Phi) is 4.56. The van der Waals surface area contributed by atoms with E-state index >= 15 is 0 Å². The highest BCUT2D eigenvalue weighted by atomic mass is 16.5. The summed E-state index contributed by atoms with van der Waals surface area (Å²) in [7, 11) is 3.25. The van der Waals surface area contributed by atoms with Crippen LogP contribution >= 0.6 is 0 Å². The molecule has 0 spiro atoms. The van der Waals surface area contributed by atoms with Gasteiger partial charge in [-0.2, -0.15) is 0 Å². The molecule has 0 saturated carbocycles. The lowest BCUT2D eigenvalue weighted by Crippen LogP contribution is -2.18. The first-order valence-corrected chi connectivity index (χ1v) is 7.94. The van der Waals surface area contributed by atoms with Crippen LogP contribution in [0.25, 0.3) is 5.70 Å². The first kappa shape index (κ1) is 16.1. The van der Waals surface area contributed by atoms with Crippen LogP contribution in [0.5, 0.6) is 11.5 Å². The van der Waals surface area contributed by atoms with Crippen molar-refractivity contribution in [3.05, 3.63) is 59.2 Å². The number of aldehydes is 1. The first-order chi connectivity index (χ1) is 11.7. The van der Waals surface area contributed by atoms with Crippen molar-refractivity contribution in [1.82, 2.24) is 0 Å².